The highest BCUT2D eigenvalue weighted by Gasteiger charge is 2.36. The number of fused-ring (bicyclic) bond motifs is 2. The first-order valence-corrected chi connectivity index (χ1v) is 7.32. The van der Waals surface area contributed by atoms with Crippen molar-refractivity contribution in [3.05, 3.63) is 51.6 Å². The lowest BCUT2D eigenvalue weighted by Crippen LogP contribution is -2.22. The Morgan fingerprint density at radius 2 is 1.62 bits per heavy atom. The Morgan fingerprint density at radius 3 is 2.21 bits per heavy atom. The number of ether oxygens (including phenoxy) is 1. The number of hydrogen-bond acceptors (Lipinski definition) is 6. The first-order valence-electron chi connectivity index (χ1n) is 7.32. The zero-order valence-corrected chi connectivity index (χ0v) is 13.4. The number of aromatic hydroxyl groups is 2. The molecule has 124 valence electrons. The molecular formula is C18H16O6. The van der Waals surface area contributed by atoms with Crippen molar-refractivity contribution in [2.45, 2.75) is 20.0 Å². The quantitative estimate of drug-likeness (QED) is 0.666. The molecule has 1 aliphatic rings. The van der Waals surface area contributed by atoms with Gasteiger partial charge in [-0.3, -0.25) is 9.59 Å². The van der Waals surface area contributed by atoms with E-state index in [4.69, 9.17) is 4.74 Å². The van der Waals surface area contributed by atoms with Gasteiger partial charge in [-0.1, -0.05) is 0 Å². The average Bonchev–Trinajstić information content (AvgIpc) is 2.50. The van der Waals surface area contributed by atoms with Gasteiger partial charge < -0.3 is 20.1 Å². The Bertz CT molecular complexity index is 895. The van der Waals surface area contributed by atoms with E-state index < -0.39 is 29.2 Å². The lowest BCUT2D eigenvalue weighted by molar-refractivity contribution is 0.0973. The van der Waals surface area contributed by atoms with Crippen LogP contribution in [0.4, 0.5) is 0 Å². The first kappa shape index (κ1) is 16.0. The van der Waals surface area contributed by atoms with E-state index in [9.17, 15) is 24.9 Å². The zero-order valence-electron chi connectivity index (χ0n) is 13.4. The van der Waals surface area contributed by atoms with E-state index in [0.717, 1.165) is 0 Å². The molecular weight excluding hydrogens is 312 g/mol. The van der Waals surface area contributed by atoms with Crippen LogP contribution in [-0.2, 0) is 0 Å². The SMILES string of the molecule is COc1cc(O)c2c(c1)C(=O)c1cc(C)c(C(C)O)c(O)c1C2=O. The molecule has 0 bridgehead atoms. The maximum absolute atomic E-state index is 12.8. The van der Waals surface area contributed by atoms with Gasteiger partial charge in [-0.15, -0.1) is 0 Å². The topological polar surface area (TPSA) is 104 Å². The molecule has 0 spiro atoms. The summed E-state index contributed by atoms with van der Waals surface area (Å²) in [6, 6.07) is 4.08. The van der Waals surface area contributed by atoms with Crippen LogP contribution in [-0.4, -0.2) is 34.0 Å². The normalized spacial score (nSPS) is 14.2. The van der Waals surface area contributed by atoms with Crippen molar-refractivity contribution in [2.75, 3.05) is 7.11 Å². The van der Waals surface area contributed by atoms with Gasteiger partial charge in [0.25, 0.3) is 0 Å². The van der Waals surface area contributed by atoms with Gasteiger partial charge in [0, 0.05) is 22.8 Å². The number of benzene rings is 2. The number of aryl methyl sites for hydroxylation is 1. The van der Waals surface area contributed by atoms with Crippen molar-refractivity contribution in [2.24, 2.45) is 0 Å². The number of methoxy groups -OCH3 is 1. The molecule has 3 rings (SSSR count). The molecule has 0 saturated carbocycles. The third-order valence-corrected chi connectivity index (χ3v) is 4.23. The van der Waals surface area contributed by atoms with Crippen LogP contribution in [0, 0.1) is 6.92 Å². The molecule has 3 N–H and O–H groups in total. The molecule has 0 radical (unpaired) electrons. The van der Waals surface area contributed by atoms with Crippen molar-refractivity contribution < 1.29 is 29.6 Å². The second-order valence-electron chi connectivity index (χ2n) is 5.78. The predicted octanol–water partition coefficient (Wildman–Crippen LogP) is 2.24. The molecule has 2 aromatic carbocycles. The lowest BCUT2D eigenvalue weighted by atomic mass is 9.80. The minimum absolute atomic E-state index is 0.0212. The van der Waals surface area contributed by atoms with Crippen LogP contribution >= 0.6 is 0 Å². The molecule has 1 atom stereocenters. The van der Waals surface area contributed by atoms with Crippen molar-refractivity contribution in [1.29, 1.82) is 0 Å². The number of aliphatic hydroxyl groups excluding tert-OH is 1. The number of carbonyl (C=O) groups is 2. The van der Waals surface area contributed by atoms with E-state index in [1.165, 1.54) is 32.2 Å². The highest BCUT2D eigenvalue weighted by Crippen LogP contribution is 2.42. The summed E-state index contributed by atoms with van der Waals surface area (Å²) >= 11 is 0. The summed E-state index contributed by atoms with van der Waals surface area (Å²) in [4.78, 5) is 25.6. The van der Waals surface area contributed by atoms with Crippen molar-refractivity contribution in [3.8, 4) is 17.2 Å². The van der Waals surface area contributed by atoms with E-state index in [1.807, 2.05) is 0 Å². The minimum atomic E-state index is -1.01. The molecule has 0 aromatic heterocycles. The van der Waals surface area contributed by atoms with Crippen LogP contribution < -0.4 is 4.74 Å². The van der Waals surface area contributed by atoms with Crippen LogP contribution in [0.25, 0.3) is 0 Å². The van der Waals surface area contributed by atoms with Crippen LogP contribution in [0.15, 0.2) is 18.2 Å². The Balaban J connectivity index is 2.36. The molecule has 0 aliphatic heterocycles. The number of phenolic OH excluding ortho intramolecular Hbond substituents is 2. The Hall–Kier alpha value is -2.86. The third kappa shape index (κ3) is 2.07. The second-order valence-corrected chi connectivity index (χ2v) is 5.78. The molecule has 24 heavy (non-hydrogen) atoms. The lowest BCUT2D eigenvalue weighted by Gasteiger charge is -2.23. The highest BCUT2D eigenvalue weighted by molar-refractivity contribution is 6.30. The Labute approximate surface area is 137 Å². The number of rotatable bonds is 2. The number of phenols is 2. The van der Waals surface area contributed by atoms with Gasteiger partial charge in [0.15, 0.2) is 5.78 Å². The summed E-state index contributed by atoms with van der Waals surface area (Å²) < 4.78 is 5.02. The number of hydrogen-bond donors (Lipinski definition) is 3. The van der Waals surface area contributed by atoms with Gasteiger partial charge >= 0.3 is 0 Å². The number of carbonyl (C=O) groups excluding carboxylic acids is 2. The van der Waals surface area contributed by atoms with Gasteiger partial charge in [-0.25, -0.2) is 0 Å². The molecule has 0 saturated heterocycles. The first-order chi connectivity index (χ1) is 11.3. The standard InChI is InChI=1S/C18H16O6/c1-7-4-10-15(17(22)13(7)8(2)19)18(23)14-11(16(10)21)5-9(24-3)6-12(14)20/h4-6,8,19-20,22H,1-3H3. The second kappa shape index (κ2) is 5.35. The highest BCUT2D eigenvalue weighted by atomic mass is 16.5. The van der Waals surface area contributed by atoms with Gasteiger partial charge in [0.1, 0.15) is 17.2 Å². The molecule has 1 aliphatic carbocycles. The van der Waals surface area contributed by atoms with Crippen molar-refractivity contribution >= 4 is 11.6 Å². The number of aliphatic hydroxyl groups is 1. The smallest absolute Gasteiger partial charge is 0.201 e. The Kier molecular flexibility index (Phi) is 3.57. The molecule has 0 heterocycles. The number of ketones is 2. The van der Waals surface area contributed by atoms with Gasteiger partial charge in [-0.2, -0.15) is 0 Å². The van der Waals surface area contributed by atoms with E-state index in [0.29, 0.717) is 5.56 Å². The van der Waals surface area contributed by atoms with Gasteiger partial charge in [0.05, 0.1) is 24.3 Å². The molecule has 2 aromatic rings. The summed E-state index contributed by atoms with van der Waals surface area (Å²) in [6.07, 6.45) is -1.01. The molecule has 0 amide bonds. The third-order valence-electron chi connectivity index (χ3n) is 4.23. The van der Waals surface area contributed by atoms with Crippen molar-refractivity contribution in [1.82, 2.24) is 0 Å². The van der Waals surface area contributed by atoms with Gasteiger partial charge in [0.2, 0.25) is 5.78 Å². The summed E-state index contributed by atoms with van der Waals surface area (Å²) in [6.45, 7) is 3.10. The van der Waals surface area contributed by atoms with Gasteiger partial charge in [-0.05, 0) is 31.5 Å². The average molecular weight is 328 g/mol. The largest absolute Gasteiger partial charge is 0.507 e. The maximum atomic E-state index is 12.8. The Morgan fingerprint density at radius 1 is 1.00 bits per heavy atom. The van der Waals surface area contributed by atoms with Crippen LogP contribution in [0.5, 0.6) is 17.2 Å². The zero-order chi connectivity index (χ0) is 17.8. The molecule has 6 heteroatoms. The summed E-state index contributed by atoms with van der Waals surface area (Å²) in [5.41, 5.74) is 0.371. The summed E-state index contributed by atoms with van der Waals surface area (Å²) in [5, 5.41) is 30.4. The molecule has 0 fully saturated rings. The summed E-state index contributed by atoms with van der Waals surface area (Å²) in [5.74, 6) is -1.74. The maximum Gasteiger partial charge on any atom is 0.201 e. The monoisotopic (exact) mass is 328 g/mol. The van der Waals surface area contributed by atoms with Crippen LogP contribution in [0.1, 0.15) is 56.0 Å². The predicted molar refractivity (Wildman–Crippen MR) is 85.0 cm³/mol. The van der Waals surface area contributed by atoms with E-state index in [-0.39, 0.29) is 33.6 Å². The fourth-order valence-electron chi connectivity index (χ4n) is 3.16. The van der Waals surface area contributed by atoms with E-state index in [1.54, 1.807) is 6.92 Å². The van der Waals surface area contributed by atoms with E-state index in [2.05, 4.69) is 0 Å². The van der Waals surface area contributed by atoms with Crippen molar-refractivity contribution in [3.63, 3.8) is 0 Å². The molecule has 1 unspecified atom stereocenters. The fourth-order valence-corrected chi connectivity index (χ4v) is 3.16. The fraction of sp³-hybridized carbons (Fsp3) is 0.222. The minimum Gasteiger partial charge on any atom is -0.507 e. The summed E-state index contributed by atoms with van der Waals surface area (Å²) in [7, 11) is 1.38. The molecule has 6 nitrogen and oxygen atoms in total. The van der Waals surface area contributed by atoms with Crippen LogP contribution in [0.2, 0.25) is 0 Å². The van der Waals surface area contributed by atoms with Crippen LogP contribution in [0.3, 0.4) is 0 Å². The van der Waals surface area contributed by atoms with E-state index >= 15 is 0 Å².